The molecule has 1 aromatic rings. The number of hydrogen-bond acceptors (Lipinski definition) is 5. The van der Waals surface area contributed by atoms with Gasteiger partial charge >= 0.3 is 0 Å². The minimum atomic E-state index is -3.44. The third kappa shape index (κ3) is 3.00. The Morgan fingerprint density at radius 2 is 2.00 bits per heavy atom. The van der Waals surface area contributed by atoms with Crippen LogP contribution in [-0.2, 0) is 21.3 Å². The monoisotopic (exact) mass is 304 g/mol. The van der Waals surface area contributed by atoms with Crippen LogP contribution in [0.25, 0.3) is 0 Å². The minimum Gasteiger partial charge on any atom is -0.373 e. The standard InChI is InChI=1S/C12H20N2O3S2/c1-8-6-14(7-9(2)17-8)19(15,16)12-4-11(5-13)18-10(12)3/h4,8-9H,5-7,13H2,1-3H3. The molecule has 1 saturated heterocycles. The van der Waals surface area contributed by atoms with Crippen molar-refractivity contribution in [1.29, 1.82) is 0 Å². The molecule has 0 radical (unpaired) electrons. The fourth-order valence-corrected chi connectivity index (χ4v) is 5.42. The fraction of sp³-hybridized carbons (Fsp3) is 0.667. The van der Waals surface area contributed by atoms with Gasteiger partial charge in [-0.05, 0) is 26.8 Å². The summed E-state index contributed by atoms with van der Waals surface area (Å²) in [5.74, 6) is 0. The Morgan fingerprint density at radius 3 is 2.47 bits per heavy atom. The highest BCUT2D eigenvalue weighted by atomic mass is 32.2. The van der Waals surface area contributed by atoms with Gasteiger partial charge in [-0.15, -0.1) is 11.3 Å². The molecule has 2 atom stereocenters. The van der Waals surface area contributed by atoms with Gasteiger partial charge in [-0.2, -0.15) is 4.31 Å². The molecule has 1 aliphatic rings. The zero-order chi connectivity index (χ0) is 14.2. The molecule has 2 N–H and O–H groups in total. The van der Waals surface area contributed by atoms with Crippen LogP contribution < -0.4 is 5.73 Å². The van der Waals surface area contributed by atoms with E-state index in [9.17, 15) is 8.42 Å². The van der Waals surface area contributed by atoms with E-state index < -0.39 is 10.0 Å². The van der Waals surface area contributed by atoms with Crippen LogP contribution in [0.15, 0.2) is 11.0 Å². The Morgan fingerprint density at radius 1 is 1.42 bits per heavy atom. The molecule has 2 rings (SSSR count). The summed E-state index contributed by atoms with van der Waals surface area (Å²) in [6.45, 7) is 6.79. The van der Waals surface area contributed by atoms with Gasteiger partial charge in [0.2, 0.25) is 10.0 Å². The molecule has 1 aliphatic heterocycles. The molecule has 19 heavy (non-hydrogen) atoms. The van der Waals surface area contributed by atoms with Gasteiger partial charge in [-0.1, -0.05) is 0 Å². The van der Waals surface area contributed by atoms with Gasteiger partial charge in [0.15, 0.2) is 0 Å². The van der Waals surface area contributed by atoms with Crippen LogP contribution in [0.5, 0.6) is 0 Å². The zero-order valence-corrected chi connectivity index (χ0v) is 13.1. The van der Waals surface area contributed by atoms with Crippen molar-refractivity contribution in [2.45, 2.75) is 44.4 Å². The molecule has 0 aromatic carbocycles. The lowest BCUT2D eigenvalue weighted by Gasteiger charge is -2.34. The van der Waals surface area contributed by atoms with Gasteiger partial charge in [0, 0.05) is 29.4 Å². The second kappa shape index (κ2) is 5.49. The maximum atomic E-state index is 12.7. The van der Waals surface area contributed by atoms with Gasteiger partial charge in [-0.25, -0.2) is 8.42 Å². The van der Waals surface area contributed by atoms with Crippen LogP contribution in [0.2, 0.25) is 0 Å². The third-order valence-corrected chi connectivity index (χ3v) is 6.29. The number of morpholine rings is 1. The summed E-state index contributed by atoms with van der Waals surface area (Å²) in [6, 6.07) is 1.69. The van der Waals surface area contributed by atoms with Crippen molar-refractivity contribution < 1.29 is 13.2 Å². The average molecular weight is 304 g/mol. The van der Waals surface area contributed by atoms with Crippen molar-refractivity contribution in [1.82, 2.24) is 4.31 Å². The second-order valence-electron chi connectivity index (χ2n) is 4.92. The third-order valence-electron chi connectivity index (χ3n) is 3.13. The van der Waals surface area contributed by atoms with Gasteiger partial charge < -0.3 is 10.5 Å². The molecule has 0 saturated carbocycles. The summed E-state index contributed by atoms with van der Waals surface area (Å²) in [7, 11) is -3.44. The number of sulfonamides is 1. The van der Waals surface area contributed by atoms with Crippen molar-refractivity contribution in [3.05, 3.63) is 15.8 Å². The van der Waals surface area contributed by atoms with E-state index in [1.54, 1.807) is 6.07 Å². The fourth-order valence-electron chi connectivity index (χ4n) is 2.35. The SMILES string of the molecule is Cc1sc(CN)cc1S(=O)(=O)N1CC(C)OC(C)C1. The lowest BCUT2D eigenvalue weighted by molar-refractivity contribution is -0.0440. The Hall–Kier alpha value is -0.470. The molecule has 0 bridgehead atoms. The summed E-state index contributed by atoms with van der Waals surface area (Å²) < 4.78 is 32.4. The number of rotatable bonds is 3. The number of nitrogens with two attached hydrogens (primary N) is 1. The summed E-state index contributed by atoms with van der Waals surface area (Å²) in [5, 5.41) is 0. The second-order valence-corrected chi connectivity index (χ2v) is 8.16. The first-order chi connectivity index (χ1) is 8.84. The van der Waals surface area contributed by atoms with Gasteiger partial charge in [0.25, 0.3) is 0 Å². The first-order valence-corrected chi connectivity index (χ1v) is 8.55. The van der Waals surface area contributed by atoms with Crippen LogP contribution in [0.3, 0.4) is 0 Å². The summed E-state index contributed by atoms with van der Waals surface area (Å²) in [4.78, 5) is 2.08. The quantitative estimate of drug-likeness (QED) is 0.914. The highest BCUT2D eigenvalue weighted by molar-refractivity contribution is 7.89. The number of nitrogens with zero attached hydrogens (tertiary/aromatic N) is 1. The van der Waals surface area contributed by atoms with Crippen molar-refractivity contribution in [3.8, 4) is 0 Å². The smallest absolute Gasteiger partial charge is 0.244 e. The lowest BCUT2D eigenvalue weighted by atomic mass is 10.3. The first-order valence-electron chi connectivity index (χ1n) is 6.29. The van der Waals surface area contributed by atoms with E-state index >= 15 is 0 Å². The van der Waals surface area contributed by atoms with E-state index in [0.29, 0.717) is 24.5 Å². The topological polar surface area (TPSA) is 72.6 Å². The van der Waals surface area contributed by atoms with E-state index in [1.165, 1.54) is 15.6 Å². The van der Waals surface area contributed by atoms with Crippen LogP contribution >= 0.6 is 11.3 Å². The predicted octanol–water partition coefficient (Wildman–Crippen LogP) is 1.31. The Kier molecular flexibility index (Phi) is 4.32. The van der Waals surface area contributed by atoms with E-state index in [1.807, 2.05) is 20.8 Å². The molecular formula is C12H20N2O3S2. The first kappa shape index (κ1) is 14.9. The number of aryl methyl sites for hydroxylation is 1. The molecule has 0 spiro atoms. The van der Waals surface area contributed by atoms with Crippen LogP contribution in [-0.4, -0.2) is 38.0 Å². The van der Waals surface area contributed by atoms with E-state index in [4.69, 9.17) is 10.5 Å². The Bertz CT molecular complexity index is 543. The predicted molar refractivity (Wildman–Crippen MR) is 75.7 cm³/mol. The van der Waals surface area contributed by atoms with Crippen molar-refractivity contribution in [2.75, 3.05) is 13.1 Å². The Balaban J connectivity index is 2.33. The van der Waals surface area contributed by atoms with E-state index in [-0.39, 0.29) is 12.2 Å². The molecular weight excluding hydrogens is 284 g/mol. The summed E-state index contributed by atoms with van der Waals surface area (Å²) in [5.41, 5.74) is 5.58. The maximum absolute atomic E-state index is 12.7. The van der Waals surface area contributed by atoms with Gasteiger partial charge in [0.1, 0.15) is 0 Å². The van der Waals surface area contributed by atoms with Crippen LogP contribution in [0, 0.1) is 6.92 Å². The van der Waals surface area contributed by atoms with Gasteiger partial charge in [-0.3, -0.25) is 0 Å². The molecule has 1 aromatic heterocycles. The number of hydrogen-bond donors (Lipinski definition) is 1. The molecule has 5 nitrogen and oxygen atoms in total. The minimum absolute atomic E-state index is 0.0774. The number of thiophene rings is 1. The molecule has 1 fully saturated rings. The van der Waals surface area contributed by atoms with E-state index in [2.05, 4.69) is 0 Å². The highest BCUT2D eigenvalue weighted by Gasteiger charge is 2.33. The van der Waals surface area contributed by atoms with E-state index in [0.717, 1.165) is 9.75 Å². The highest BCUT2D eigenvalue weighted by Crippen LogP contribution is 2.29. The van der Waals surface area contributed by atoms with Crippen molar-refractivity contribution in [3.63, 3.8) is 0 Å². The van der Waals surface area contributed by atoms with Crippen LogP contribution in [0.4, 0.5) is 0 Å². The maximum Gasteiger partial charge on any atom is 0.244 e. The van der Waals surface area contributed by atoms with Gasteiger partial charge in [0.05, 0.1) is 17.1 Å². The molecule has 108 valence electrons. The zero-order valence-electron chi connectivity index (χ0n) is 11.4. The Labute approximate surface area is 118 Å². The van der Waals surface area contributed by atoms with Crippen molar-refractivity contribution >= 4 is 21.4 Å². The molecule has 0 aliphatic carbocycles. The lowest BCUT2D eigenvalue weighted by Crippen LogP contribution is -2.48. The normalized spacial score (nSPS) is 25.7. The average Bonchev–Trinajstić information content (AvgIpc) is 2.70. The molecule has 0 amide bonds. The number of ether oxygens (including phenoxy) is 1. The van der Waals surface area contributed by atoms with Crippen molar-refractivity contribution in [2.24, 2.45) is 5.73 Å². The molecule has 2 heterocycles. The van der Waals surface area contributed by atoms with Crippen LogP contribution in [0.1, 0.15) is 23.6 Å². The molecule has 7 heteroatoms. The summed E-state index contributed by atoms with van der Waals surface area (Å²) >= 11 is 1.44. The largest absolute Gasteiger partial charge is 0.373 e. The molecule has 2 unspecified atom stereocenters. The summed E-state index contributed by atoms with van der Waals surface area (Å²) in [6.07, 6.45) is -0.155.